The average molecular weight is 473 g/mol. The van der Waals surface area contributed by atoms with Gasteiger partial charge in [0, 0.05) is 13.5 Å². The molecule has 0 spiro atoms. The summed E-state index contributed by atoms with van der Waals surface area (Å²) in [7, 11) is 1.22. The molecular weight excluding hydrogens is 449 g/mol. The molecule has 5 nitrogen and oxygen atoms in total. The lowest BCUT2D eigenvalue weighted by molar-refractivity contribution is -0.150. The highest BCUT2D eigenvalue weighted by Crippen LogP contribution is 2.34. The van der Waals surface area contributed by atoms with Crippen molar-refractivity contribution in [1.29, 1.82) is 0 Å². The maximum absolute atomic E-state index is 14.0. The highest BCUT2D eigenvalue weighted by molar-refractivity contribution is 5.81. The summed E-state index contributed by atoms with van der Waals surface area (Å²) in [5.41, 5.74) is -2.56. The van der Waals surface area contributed by atoms with Crippen molar-refractivity contribution in [2.75, 3.05) is 7.05 Å². The van der Waals surface area contributed by atoms with Crippen LogP contribution >= 0.6 is 0 Å². The van der Waals surface area contributed by atoms with Crippen molar-refractivity contribution in [2.45, 2.75) is 51.6 Å². The summed E-state index contributed by atoms with van der Waals surface area (Å²) in [6, 6.07) is 8.14. The third-order valence-electron chi connectivity index (χ3n) is 4.46. The van der Waals surface area contributed by atoms with Crippen LogP contribution in [0.2, 0.25) is 0 Å². The van der Waals surface area contributed by atoms with E-state index in [0.717, 1.165) is 4.90 Å². The molecule has 2 aromatic carbocycles. The molecule has 0 heterocycles. The number of alkyl halides is 3. The first-order chi connectivity index (χ1) is 15.2. The fourth-order valence-electron chi connectivity index (χ4n) is 2.90. The molecule has 2 aromatic rings. The lowest BCUT2D eigenvalue weighted by atomic mass is 10.0. The van der Waals surface area contributed by atoms with Crippen LogP contribution < -0.4 is 0 Å². The Kier molecular flexibility index (Phi) is 8.05. The van der Waals surface area contributed by atoms with E-state index >= 15 is 0 Å². The van der Waals surface area contributed by atoms with Gasteiger partial charge >= 0.3 is 18.2 Å². The Hall–Kier alpha value is -3.17. The first kappa shape index (κ1) is 26.1. The van der Waals surface area contributed by atoms with Gasteiger partial charge in [-0.1, -0.05) is 30.3 Å². The Morgan fingerprint density at radius 1 is 0.970 bits per heavy atom. The Labute approximate surface area is 188 Å². The van der Waals surface area contributed by atoms with Crippen LogP contribution in [0.4, 0.5) is 26.7 Å². The van der Waals surface area contributed by atoms with Crippen molar-refractivity contribution in [2.24, 2.45) is 0 Å². The average Bonchev–Trinajstić information content (AvgIpc) is 2.67. The Balaban J connectivity index is 2.32. The molecule has 0 aliphatic rings. The van der Waals surface area contributed by atoms with E-state index in [1.165, 1.54) is 7.05 Å². The lowest BCUT2D eigenvalue weighted by Crippen LogP contribution is -2.46. The molecule has 0 aromatic heterocycles. The van der Waals surface area contributed by atoms with Crippen LogP contribution in [0.15, 0.2) is 42.5 Å². The number of nitrogens with zero attached hydrogens (tertiary/aromatic N) is 1. The molecule has 0 aliphatic carbocycles. The number of hydrogen-bond donors (Lipinski definition) is 0. The number of rotatable bonds is 6. The zero-order valence-electron chi connectivity index (χ0n) is 18.5. The second kappa shape index (κ2) is 10.2. The van der Waals surface area contributed by atoms with Crippen molar-refractivity contribution in [1.82, 2.24) is 4.90 Å². The van der Waals surface area contributed by atoms with Gasteiger partial charge in [-0.2, -0.15) is 13.2 Å². The minimum Gasteiger partial charge on any atom is -0.459 e. The number of likely N-dealkylation sites (N-methyl/N-ethyl adjacent to an activating group) is 1. The zero-order valence-corrected chi connectivity index (χ0v) is 18.5. The van der Waals surface area contributed by atoms with Crippen molar-refractivity contribution < 1.29 is 41.0 Å². The topological polar surface area (TPSA) is 55.8 Å². The highest BCUT2D eigenvalue weighted by atomic mass is 19.4. The summed E-state index contributed by atoms with van der Waals surface area (Å²) in [6.45, 7) is 4.65. The predicted octanol–water partition coefficient (Wildman–Crippen LogP) is 5.51. The fourth-order valence-corrected chi connectivity index (χ4v) is 2.90. The monoisotopic (exact) mass is 473 g/mol. The largest absolute Gasteiger partial charge is 0.459 e. The molecule has 0 fully saturated rings. The van der Waals surface area contributed by atoms with E-state index in [0.29, 0.717) is 17.7 Å². The van der Waals surface area contributed by atoms with Gasteiger partial charge in [0.1, 0.15) is 35.4 Å². The normalized spacial score (nSPS) is 12.8. The van der Waals surface area contributed by atoms with E-state index in [1.807, 2.05) is 0 Å². The smallest absolute Gasteiger partial charge is 0.422 e. The zero-order chi connectivity index (χ0) is 25.0. The molecule has 1 amide bonds. The van der Waals surface area contributed by atoms with E-state index in [-0.39, 0.29) is 12.2 Å². The first-order valence-corrected chi connectivity index (χ1v) is 9.90. The van der Waals surface area contributed by atoms with Gasteiger partial charge in [0.05, 0.1) is 0 Å². The van der Waals surface area contributed by atoms with Crippen LogP contribution in [0, 0.1) is 11.6 Å². The van der Waals surface area contributed by atoms with Crippen LogP contribution in [-0.4, -0.2) is 35.7 Å². The number of carbonyl (C=O) groups excluding carboxylic acids is 2. The van der Waals surface area contributed by atoms with Crippen molar-refractivity contribution >= 4 is 12.1 Å². The van der Waals surface area contributed by atoms with Crippen molar-refractivity contribution in [3.05, 3.63) is 70.8 Å². The molecule has 10 heteroatoms. The van der Waals surface area contributed by atoms with Crippen LogP contribution in [0.25, 0.3) is 0 Å². The second-order valence-electron chi connectivity index (χ2n) is 8.34. The number of benzene rings is 2. The standard InChI is InChI=1S/C23H24F5NO4/c1-22(2,3)33-21(31)29(4)18(20(30)32-13-14-8-6-5-7-9-14)12-15-10-16(24)19(17(25)11-15)23(26,27)28/h5-11,18H,12-13H2,1-4H3. The van der Waals surface area contributed by atoms with Crippen LogP contribution in [0.1, 0.15) is 37.5 Å². The van der Waals surface area contributed by atoms with Gasteiger partial charge in [-0.05, 0) is 44.0 Å². The lowest BCUT2D eigenvalue weighted by Gasteiger charge is -2.29. The van der Waals surface area contributed by atoms with Crippen LogP contribution in [0.3, 0.4) is 0 Å². The summed E-state index contributed by atoms with van der Waals surface area (Å²) >= 11 is 0. The molecule has 180 valence electrons. The quantitative estimate of drug-likeness (QED) is 0.411. The van der Waals surface area contributed by atoms with Crippen molar-refractivity contribution in [3.8, 4) is 0 Å². The predicted molar refractivity (Wildman–Crippen MR) is 109 cm³/mol. The highest BCUT2D eigenvalue weighted by Gasteiger charge is 2.39. The maximum Gasteiger partial charge on any atom is 0.422 e. The van der Waals surface area contributed by atoms with E-state index in [2.05, 4.69) is 0 Å². The molecule has 2 rings (SSSR count). The van der Waals surface area contributed by atoms with E-state index in [4.69, 9.17) is 9.47 Å². The fraction of sp³-hybridized carbons (Fsp3) is 0.391. The maximum atomic E-state index is 14.0. The molecule has 0 saturated heterocycles. The van der Waals surface area contributed by atoms with Crippen LogP contribution in [0.5, 0.6) is 0 Å². The Bertz CT molecular complexity index is 964. The molecular formula is C23H24F5NO4. The molecule has 0 radical (unpaired) electrons. The molecule has 33 heavy (non-hydrogen) atoms. The summed E-state index contributed by atoms with van der Waals surface area (Å²) in [4.78, 5) is 26.2. The van der Waals surface area contributed by atoms with Gasteiger partial charge in [0.15, 0.2) is 0 Å². The van der Waals surface area contributed by atoms with Gasteiger partial charge in [-0.25, -0.2) is 18.4 Å². The minimum absolute atomic E-state index is 0.145. The molecule has 0 bridgehead atoms. The van der Waals surface area contributed by atoms with Crippen LogP contribution in [-0.2, 0) is 33.5 Å². The number of carbonyl (C=O) groups is 2. The summed E-state index contributed by atoms with van der Waals surface area (Å²) in [6.07, 6.45) is -6.65. The number of esters is 1. The van der Waals surface area contributed by atoms with Gasteiger partial charge in [0.2, 0.25) is 0 Å². The van der Waals surface area contributed by atoms with Gasteiger partial charge in [-0.15, -0.1) is 0 Å². The molecule has 1 atom stereocenters. The minimum atomic E-state index is -5.23. The SMILES string of the molecule is CN(C(=O)OC(C)(C)C)C(Cc1cc(F)c(C(F)(F)F)c(F)c1)C(=O)OCc1ccccc1. The molecule has 1 unspecified atom stereocenters. The van der Waals surface area contributed by atoms with Gasteiger partial charge in [0.25, 0.3) is 0 Å². The summed E-state index contributed by atoms with van der Waals surface area (Å²) < 4.78 is 77.1. The van der Waals surface area contributed by atoms with E-state index in [1.54, 1.807) is 51.1 Å². The summed E-state index contributed by atoms with van der Waals surface area (Å²) in [5, 5.41) is 0. The first-order valence-electron chi connectivity index (χ1n) is 9.90. The number of hydrogen-bond acceptors (Lipinski definition) is 4. The summed E-state index contributed by atoms with van der Waals surface area (Å²) in [5.74, 6) is -4.57. The van der Waals surface area contributed by atoms with Gasteiger partial charge < -0.3 is 9.47 Å². The van der Waals surface area contributed by atoms with Crippen molar-refractivity contribution in [3.63, 3.8) is 0 Å². The third kappa shape index (κ3) is 7.44. The third-order valence-corrected chi connectivity index (χ3v) is 4.46. The second-order valence-corrected chi connectivity index (χ2v) is 8.34. The number of ether oxygens (including phenoxy) is 2. The molecule has 0 N–H and O–H groups in total. The Morgan fingerprint density at radius 2 is 1.52 bits per heavy atom. The van der Waals surface area contributed by atoms with E-state index < -0.39 is 53.5 Å². The molecule has 0 aliphatic heterocycles. The molecule has 0 saturated carbocycles. The Morgan fingerprint density at radius 3 is 2.00 bits per heavy atom. The number of halogens is 5. The van der Waals surface area contributed by atoms with Gasteiger partial charge in [-0.3, -0.25) is 4.90 Å². The van der Waals surface area contributed by atoms with E-state index in [9.17, 15) is 31.5 Å². The number of amides is 1.